The maximum atomic E-state index is 5.95. The van der Waals surface area contributed by atoms with Gasteiger partial charge in [0.05, 0.1) is 4.47 Å². The highest BCUT2D eigenvalue weighted by atomic mass is 79.9. The maximum absolute atomic E-state index is 5.95. The fourth-order valence-corrected chi connectivity index (χ4v) is 2.06. The lowest BCUT2D eigenvalue weighted by Gasteiger charge is -2.12. The highest BCUT2D eigenvalue weighted by Gasteiger charge is 2.06. The van der Waals surface area contributed by atoms with Crippen LogP contribution in [0.2, 0.25) is 0 Å². The fourth-order valence-electron chi connectivity index (χ4n) is 1.52. The van der Waals surface area contributed by atoms with Gasteiger partial charge in [0.15, 0.2) is 0 Å². The normalized spacial score (nSPS) is 12.2. The molecule has 0 saturated heterocycles. The smallest absolute Gasteiger partial charge is 0.133 e. The quantitative estimate of drug-likeness (QED) is 0.770. The third-order valence-corrected chi connectivity index (χ3v) is 3.57. The Morgan fingerprint density at radius 2 is 2.17 bits per heavy atom. The summed E-state index contributed by atoms with van der Waals surface area (Å²) >= 11 is 3.54. The van der Waals surface area contributed by atoms with Crippen molar-refractivity contribution >= 4 is 15.9 Å². The van der Waals surface area contributed by atoms with Crippen molar-refractivity contribution in [1.82, 2.24) is 0 Å². The van der Waals surface area contributed by atoms with E-state index in [4.69, 9.17) is 10.5 Å². The predicted molar refractivity (Wildman–Crippen MR) is 81.0 cm³/mol. The molecular weight excluding hydrogens is 290 g/mol. The van der Waals surface area contributed by atoms with E-state index < -0.39 is 0 Å². The molecule has 1 unspecified atom stereocenters. The van der Waals surface area contributed by atoms with Crippen molar-refractivity contribution in [2.45, 2.75) is 39.2 Å². The van der Waals surface area contributed by atoms with Gasteiger partial charge in [-0.2, -0.15) is 0 Å². The minimum absolute atomic E-state index is 0.225. The molecule has 0 aliphatic carbocycles. The summed E-state index contributed by atoms with van der Waals surface area (Å²) in [7, 11) is 0. The van der Waals surface area contributed by atoms with E-state index in [1.807, 2.05) is 6.07 Å². The third kappa shape index (κ3) is 4.83. The number of halogens is 1. The monoisotopic (exact) mass is 311 g/mol. The van der Waals surface area contributed by atoms with Crippen LogP contribution in [0.25, 0.3) is 0 Å². The Labute approximate surface area is 118 Å². The van der Waals surface area contributed by atoms with Gasteiger partial charge in [-0.05, 0) is 58.5 Å². The first-order valence-corrected chi connectivity index (χ1v) is 7.19. The van der Waals surface area contributed by atoms with Gasteiger partial charge >= 0.3 is 0 Å². The second-order valence-electron chi connectivity index (χ2n) is 4.53. The number of benzene rings is 1. The van der Waals surface area contributed by atoms with Crippen LogP contribution in [0.5, 0.6) is 5.75 Å². The average molecular weight is 312 g/mol. The van der Waals surface area contributed by atoms with Crippen LogP contribution >= 0.6 is 15.9 Å². The molecule has 0 aromatic heterocycles. The van der Waals surface area contributed by atoms with Gasteiger partial charge in [0, 0.05) is 6.04 Å². The van der Waals surface area contributed by atoms with Crippen molar-refractivity contribution in [2.75, 3.05) is 6.61 Å². The highest BCUT2D eigenvalue weighted by molar-refractivity contribution is 9.10. The molecule has 0 radical (unpaired) electrons. The molecule has 1 aromatic rings. The van der Waals surface area contributed by atoms with Gasteiger partial charge in [0.2, 0.25) is 0 Å². The predicted octanol–water partition coefficient (Wildman–Crippen LogP) is 4.07. The lowest BCUT2D eigenvalue weighted by atomic mass is 10.0. The Bertz CT molecular complexity index is 403. The summed E-state index contributed by atoms with van der Waals surface area (Å²) in [5.74, 6) is 0.860. The molecule has 2 nitrogen and oxygen atoms in total. The van der Waals surface area contributed by atoms with Gasteiger partial charge < -0.3 is 10.5 Å². The fraction of sp³-hybridized carbons (Fsp3) is 0.467. The second-order valence-corrected chi connectivity index (χ2v) is 5.38. The van der Waals surface area contributed by atoms with E-state index in [1.165, 1.54) is 5.56 Å². The minimum atomic E-state index is 0.225. The molecule has 1 atom stereocenters. The van der Waals surface area contributed by atoms with Gasteiger partial charge in [-0.1, -0.05) is 26.5 Å². The van der Waals surface area contributed by atoms with E-state index in [-0.39, 0.29) is 6.04 Å². The molecule has 3 heteroatoms. The molecular formula is C15H22BrNO. The van der Waals surface area contributed by atoms with Crippen molar-refractivity contribution in [3.05, 3.63) is 40.4 Å². The van der Waals surface area contributed by atoms with E-state index in [0.717, 1.165) is 35.1 Å². The molecule has 100 valence electrons. The number of hydrogen-bond donors (Lipinski definition) is 1. The van der Waals surface area contributed by atoms with Crippen molar-refractivity contribution in [3.8, 4) is 5.75 Å². The Kier molecular flexibility index (Phi) is 6.44. The molecule has 0 heterocycles. The summed E-state index contributed by atoms with van der Waals surface area (Å²) in [6.07, 6.45) is 2.84. The zero-order valence-corrected chi connectivity index (χ0v) is 12.8. The Balaban J connectivity index is 2.64. The largest absolute Gasteiger partial charge is 0.488 e. The van der Waals surface area contributed by atoms with E-state index in [1.54, 1.807) is 0 Å². The van der Waals surface area contributed by atoms with E-state index in [0.29, 0.717) is 6.61 Å². The Hall–Kier alpha value is -0.800. The summed E-state index contributed by atoms with van der Waals surface area (Å²) in [5.41, 5.74) is 8.28. The van der Waals surface area contributed by atoms with Crippen LogP contribution in [0.15, 0.2) is 34.8 Å². The first-order valence-electron chi connectivity index (χ1n) is 6.40. The maximum Gasteiger partial charge on any atom is 0.133 e. The molecule has 1 aromatic carbocycles. The Morgan fingerprint density at radius 3 is 2.72 bits per heavy atom. The van der Waals surface area contributed by atoms with Crippen LogP contribution in [-0.4, -0.2) is 12.6 Å². The average Bonchev–Trinajstić information content (AvgIpc) is 2.37. The number of ether oxygens (including phenoxy) is 1. The third-order valence-electron chi connectivity index (χ3n) is 2.95. The van der Waals surface area contributed by atoms with Crippen LogP contribution < -0.4 is 10.5 Å². The zero-order chi connectivity index (χ0) is 13.5. The van der Waals surface area contributed by atoms with Crippen LogP contribution in [0, 0.1) is 0 Å². The Morgan fingerprint density at radius 1 is 1.44 bits per heavy atom. The van der Waals surface area contributed by atoms with Crippen LogP contribution in [0.1, 0.15) is 32.3 Å². The second kappa shape index (κ2) is 7.59. The number of hydrogen-bond acceptors (Lipinski definition) is 2. The zero-order valence-electron chi connectivity index (χ0n) is 11.2. The minimum Gasteiger partial charge on any atom is -0.488 e. The molecule has 0 aliphatic rings. The molecule has 0 saturated carbocycles. The summed E-state index contributed by atoms with van der Waals surface area (Å²) < 4.78 is 6.68. The first kappa shape index (κ1) is 15.3. The van der Waals surface area contributed by atoms with Gasteiger partial charge in [-0.3, -0.25) is 0 Å². The summed E-state index contributed by atoms with van der Waals surface area (Å²) in [5, 5.41) is 0. The standard InChI is InChI=1S/C15H22BrNO/c1-4-11(3)10-18-15-7-6-12(9-14(15)16)8-13(17)5-2/h6-7,9,13H,3-5,8,10,17H2,1-2H3. The molecule has 0 bridgehead atoms. The van der Waals surface area contributed by atoms with E-state index >= 15 is 0 Å². The molecule has 0 amide bonds. The number of rotatable bonds is 7. The van der Waals surface area contributed by atoms with Gasteiger partial charge in [0.1, 0.15) is 12.4 Å². The van der Waals surface area contributed by atoms with Gasteiger partial charge in [-0.25, -0.2) is 0 Å². The van der Waals surface area contributed by atoms with Gasteiger partial charge in [0.25, 0.3) is 0 Å². The topological polar surface area (TPSA) is 35.2 Å². The molecule has 2 N–H and O–H groups in total. The number of nitrogens with two attached hydrogens (primary N) is 1. The lowest BCUT2D eigenvalue weighted by molar-refractivity contribution is 0.347. The SMILES string of the molecule is C=C(CC)COc1ccc(CC(N)CC)cc1Br. The molecule has 18 heavy (non-hydrogen) atoms. The molecule has 0 spiro atoms. The van der Waals surface area contributed by atoms with Crippen LogP contribution in [0.4, 0.5) is 0 Å². The van der Waals surface area contributed by atoms with Crippen LogP contribution in [-0.2, 0) is 6.42 Å². The van der Waals surface area contributed by atoms with Crippen molar-refractivity contribution in [3.63, 3.8) is 0 Å². The molecule has 1 rings (SSSR count). The van der Waals surface area contributed by atoms with E-state index in [2.05, 4.69) is 48.5 Å². The van der Waals surface area contributed by atoms with Gasteiger partial charge in [-0.15, -0.1) is 0 Å². The highest BCUT2D eigenvalue weighted by Crippen LogP contribution is 2.27. The lowest BCUT2D eigenvalue weighted by Crippen LogP contribution is -2.21. The van der Waals surface area contributed by atoms with Crippen LogP contribution in [0.3, 0.4) is 0 Å². The molecule has 0 aliphatic heterocycles. The van der Waals surface area contributed by atoms with Crippen molar-refractivity contribution < 1.29 is 4.74 Å². The van der Waals surface area contributed by atoms with E-state index in [9.17, 15) is 0 Å². The summed E-state index contributed by atoms with van der Waals surface area (Å²) in [4.78, 5) is 0. The summed E-state index contributed by atoms with van der Waals surface area (Å²) in [6, 6.07) is 6.37. The van der Waals surface area contributed by atoms with Crippen molar-refractivity contribution in [2.24, 2.45) is 5.73 Å². The first-order chi connectivity index (χ1) is 8.56. The molecule has 0 fully saturated rings. The summed E-state index contributed by atoms with van der Waals surface area (Å²) in [6.45, 7) is 8.69. The van der Waals surface area contributed by atoms with Crippen molar-refractivity contribution in [1.29, 1.82) is 0 Å².